The van der Waals surface area contributed by atoms with Crippen molar-refractivity contribution >= 4 is 17.3 Å². The van der Waals surface area contributed by atoms with Crippen LogP contribution in [0.2, 0.25) is 0 Å². The van der Waals surface area contributed by atoms with E-state index in [0.29, 0.717) is 0 Å². The number of carboxylic acid groups (broad SMARTS) is 1. The average Bonchev–Trinajstić information content (AvgIpc) is 2.97. The van der Waals surface area contributed by atoms with Crippen molar-refractivity contribution in [1.29, 1.82) is 0 Å². The van der Waals surface area contributed by atoms with E-state index >= 15 is 0 Å². The Hall–Kier alpha value is -2.53. The molecule has 5 heteroatoms. The van der Waals surface area contributed by atoms with Gasteiger partial charge in [0.15, 0.2) is 0 Å². The highest BCUT2D eigenvalue weighted by Crippen LogP contribution is 2.28. The minimum atomic E-state index is -0.926. The molecule has 0 unspecified atom stereocenters. The maximum Gasteiger partial charge on any atom is 0.335 e. The van der Waals surface area contributed by atoms with Crippen LogP contribution in [0.5, 0.6) is 0 Å². The largest absolute Gasteiger partial charge is 0.478 e. The first kappa shape index (κ1) is 13.5. The molecular formula is C16H12N2O2S. The van der Waals surface area contributed by atoms with Crippen LogP contribution in [-0.4, -0.2) is 21.0 Å². The summed E-state index contributed by atoms with van der Waals surface area (Å²) in [7, 11) is 0. The van der Waals surface area contributed by atoms with Gasteiger partial charge in [0.25, 0.3) is 0 Å². The van der Waals surface area contributed by atoms with Crippen molar-refractivity contribution in [2.75, 3.05) is 0 Å². The molecule has 0 aliphatic rings. The molecule has 0 spiro atoms. The Morgan fingerprint density at radius 3 is 2.48 bits per heavy atom. The Balaban J connectivity index is 1.93. The summed E-state index contributed by atoms with van der Waals surface area (Å²) in [5.74, 6) is -0.926. The molecule has 0 saturated heterocycles. The first-order valence-electron chi connectivity index (χ1n) is 6.37. The second-order valence-corrected chi connectivity index (χ2v) is 5.44. The molecule has 3 rings (SSSR count). The van der Waals surface area contributed by atoms with Crippen LogP contribution in [0, 0.1) is 6.92 Å². The number of benzene rings is 1. The van der Waals surface area contributed by atoms with E-state index in [1.807, 2.05) is 30.5 Å². The van der Waals surface area contributed by atoms with E-state index in [4.69, 9.17) is 5.11 Å². The molecule has 0 fully saturated rings. The molecule has 1 N–H and O–H groups in total. The molecule has 0 aliphatic carbocycles. The zero-order valence-corrected chi connectivity index (χ0v) is 12.1. The number of carboxylic acids is 1. The second-order valence-electron chi connectivity index (χ2n) is 4.58. The van der Waals surface area contributed by atoms with Crippen molar-refractivity contribution in [3.63, 3.8) is 0 Å². The maximum atomic E-state index is 10.8. The van der Waals surface area contributed by atoms with Crippen molar-refractivity contribution < 1.29 is 9.90 Å². The van der Waals surface area contributed by atoms with Gasteiger partial charge in [0.2, 0.25) is 0 Å². The van der Waals surface area contributed by atoms with Crippen LogP contribution in [0.15, 0.2) is 47.8 Å². The molecule has 2 heterocycles. The molecule has 3 aromatic rings. The van der Waals surface area contributed by atoms with E-state index in [0.717, 1.165) is 27.7 Å². The van der Waals surface area contributed by atoms with E-state index < -0.39 is 5.97 Å². The van der Waals surface area contributed by atoms with Crippen molar-refractivity contribution in [2.24, 2.45) is 0 Å². The highest BCUT2D eigenvalue weighted by atomic mass is 32.1. The minimum Gasteiger partial charge on any atom is -0.478 e. The SMILES string of the molecule is Cc1cccc(-c2nc(-c3ccc(C(=O)O)cc3)cs2)n1. The zero-order valence-electron chi connectivity index (χ0n) is 11.3. The summed E-state index contributed by atoms with van der Waals surface area (Å²) in [5.41, 5.74) is 3.81. The predicted octanol–water partition coefficient (Wildman–Crippen LogP) is 3.88. The number of aromatic nitrogens is 2. The summed E-state index contributed by atoms with van der Waals surface area (Å²) in [6.07, 6.45) is 0. The number of carbonyl (C=O) groups is 1. The first-order chi connectivity index (χ1) is 10.1. The van der Waals surface area contributed by atoms with Crippen molar-refractivity contribution in [2.45, 2.75) is 6.92 Å². The lowest BCUT2D eigenvalue weighted by Gasteiger charge is -1.99. The quantitative estimate of drug-likeness (QED) is 0.796. The van der Waals surface area contributed by atoms with E-state index in [1.54, 1.807) is 24.3 Å². The van der Waals surface area contributed by atoms with Crippen LogP contribution in [0.1, 0.15) is 16.1 Å². The highest BCUT2D eigenvalue weighted by molar-refractivity contribution is 7.13. The fourth-order valence-corrected chi connectivity index (χ4v) is 2.77. The Morgan fingerprint density at radius 1 is 1.05 bits per heavy atom. The van der Waals surface area contributed by atoms with Crippen LogP contribution < -0.4 is 0 Å². The average molecular weight is 296 g/mol. The van der Waals surface area contributed by atoms with Gasteiger partial charge in [0, 0.05) is 16.6 Å². The number of rotatable bonds is 3. The van der Waals surface area contributed by atoms with Gasteiger partial charge >= 0.3 is 5.97 Å². The predicted molar refractivity (Wildman–Crippen MR) is 82.5 cm³/mol. The van der Waals surface area contributed by atoms with Crippen molar-refractivity contribution in [1.82, 2.24) is 9.97 Å². The highest BCUT2D eigenvalue weighted by Gasteiger charge is 2.09. The molecule has 0 bridgehead atoms. The summed E-state index contributed by atoms with van der Waals surface area (Å²) in [6, 6.07) is 12.5. The summed E-state index contributed by atoms with van der Waals surface area (Å²) in [4.78, 5) is 19.9. The van der Waals surface area contributed by atoms with Crippen molar-refractivity contribution in [3.8, 4) is 22.0 Å². The van der Waals surface area contributed by atoms with Crippen LogP contribution in [0.3, 0.4) is 0 Å². The standard InChI is InChI=1S/C16H12N2O2S/c1-10-3-2-4-13(17-10)15-18-14(9-21-15)11-5-7-12(8-6-11)16(19)20/h2-9H,1H3,(H,19,20). The fourth-order valence-electron chi connectivity index (χ4n) is 1.97. The molecule has 4 nitrogen and oxygen atoms in total. The number of thiazole rings is 1. The Kier molecular flexibility index (Phi) is 3.50. The van der Waals surface area contributed by atoms with Gasteiger partial charge in [0.05, 0.1) is 17.0 Å². The molecule has 21 heavy (non-hydrogen) atoms. The monoisotopic (exact) mass is 296 g/mol. The van der Waals surface area contributed by atoms with Crippen LogP contribution in [-0.2, 0) is 0 Å². The molecule has 0 saturated carbocycles. The smallest absolute Gasteiger partial charge is 0.335 e. The fraction of sp³-hybridized carbons (Fsp3) is 0.0625. The van der Waals surface area contributed by atoms with E-state index in [-0.39, 0.29) is 5.56 Å². The lowest BCUT2D eigenvalue weighted by atomic mass is 10.1. The van der Waals surface area contributed by atoms with Crippen LogP contribution in [0.25, 0.3) is 22.0 Å². The number of pyridine rings is 1. The molecular weight excluding hydrogens is 284 g/mol. The summed E-state index contributed by atoms with van der Waals surface area (Å²) in [5, 5.41) is 11.7. The van der Waals surface area contributed by atoms with Gasteiger partial charge in [-0.3, -0.25) is 4.98 Å². The third-order valence-electron chi connectivity index (χ3n) is 3.04. The van der Waals surface area contributed by atoms with Gasteiger partial charge in [-0.15, -0.1) is 11.3 Å². The number of aryl methyl sites for hydroxylation is 1. The van der Waals surface area contributed by atoms with Crippen LogP contribution >= 0.6 is 11.3 Å². The van der Waals surface area contributed by atoms with Gasteiger partial charge in [0.1, 0.15) is 5.01 Å². The second kappa shape index (κ2) is 5.46. The lowest BCUT2D eigenvalue weighted by molar-refractivity contribution is 0.0697. The number of aromatic carboxylic acids is 1. The van der Waals surface area contributed by atoms with Crippen molar-refractivity contribution in [3.05, 3.63) is 59.1 Å². The van der Waals surface area contributed by atoms with E-state index in [2.05, 4.69) is 9.97 Å². The van der Waals surface area contributed by atoms with Crippen LogP contribution in [0.4, 0.5) is 0 Å². The molecule has 0 aliphatic heterocycles. The lowest BCUT2D eigenvalue weighted by Crippen LogP contribution is -1.94. The molecule has 1 aromatic carbocycles. The molecule has 0 amide bonds. The van der Waals surface area contributed by atoms with E-state index in [1.165, 1.54) is 11.3 Å². The Labute approximate surface area is 125 Å². The maximum absolute atomic E-state index is 10.8. The van der Waals surface area contributed by atoms with Gasteiger partial charge in [-0.05, 0) is 31.2 Å². The van der Waals surface area contributed by atoms with E-state index in [9.17, 15) is 4.79 Å². The number of hydrogen-bond acceptors (Lipinski definition) is 4. The summed E-state index contributed by atoms with van der Waals surface area (Å²) < 4.78 is 0. The zero-order chi connectivity index (χ0) is 14.8. The summed E-state index contributed by atoms with van der Waals surface area (Å²) in [6.45, 7) is 1.95. The van der Waals surface area contributed by atoms with Gasteiger partial charge < -0.3 is 5.11 Å². The van der Waals surface area contributed by atoms with Gasteiger partial charge in [-0.2, -0.15) is 0 Å². The Bertz CT molecular complexity index is 794. The summed E-state index contributed by atoms with van der Waals surface area (Å²) >= 11 is 1.53. The normalized spacial score (nSPS) is 10.5. The number of nitrogens with zero attached hydrogens (tertiary/aromatic N) is 2. The van der Waals surface area contributed by atoms with Gasteiger partial charge in [-0.25, -0.2) is 9.78 Å². The molecule has 2 aromatic heterocycles. The number of hydrogen-bond donors (Lipinski definition) is 1. The minimum absolute atomic E-state index is 0.273. The first-order valence-corrected chi connectivity index (χ1v) is 7.25. The molecule has 0 atom stereocenters. The topological polar surface area (TPSA) is 63.1 Å². The third kappa shape index (κ3) is 2.83. The molecule has 104 valence electrons. The Morgan fingerprint density at radius 2 is 1.81 bits per heavy atom. The third-order valence-corrected chi connectivity index (χ3v) is 3.90. The van der Waals surface area contributed by atoms with Gasteiger partial charge in [-0.1, -0.05) is 18.2 Å². The molecule has 0 radical (unpaired) electrons.